The van der Waals surface area contributed by atoms with E-state index >= 15 is 0 Å². The van der Waals surface area contributed by atoms with E-state index in [9.17, 15) is 4.79 Å². The summed E-state index contributed by atoms with van der Waals surface area (Å²) in [6.45, 7) is 4.10. The Kier molecular flexibility index (Phi) is 8.51. The first-order valence-electron chi connectivity index (χ1n) is 4.82. The monoisotopic (exact) mass is 204 g/mol. The Morgan fingerprint density at radius 3 is 2.79 bits per heavy atom. The number of methoxy groups -OCH3 is 1. The summed E-state index contributed by atoms with van der Waals surface area (Å²) in [5.41, 5.74) is 5.59. The van der Waals surface area contributed by atoms with Gasteiger partial charge in [-0.05, 0) is 13.3 Å². The van der Waals surface area contributed by atoms with E-state index in [-0.39, 0.29) is 5.91 Å². The molecule has 0 aromatic carbocycles. The van der Waals surface area contributed by atoms with Crippen LogP contribution in [-0.4, -0.2) is 45.4 Å². The van der Waals surface area contributed by atoms with Crippen molar-refractivity contribution < 1.29 is 14.3 Å². The molecule has 0 heterocycles. The Morgan fingerprint density at radius 1 is 1.50 bits per heavy atom. The Morgan fingerprint density at radius 2 is 2.21 bits per heavy atom. The number of rotatable bonds is 8. The smallest absolute Gasteiger partial charge is 0.237 e. The number of nitrogens with two attached hydrogens (primary N) is 1. The molecule has 1 atom stereocenters. The molecule has 1 unspecified atom stereocenters. The first-order valence-corrected chi connectivity index (χ1v) is 4.82. The van der Waals surface area contributed by atoms with Crippen LogP contribution in [0.15, 0.2) is 0 Å². The van der Waals surface area contributed by atoms with Gasteiger partial charge in [-0.3, -0.25) is 4.79 Å². The van der Waals surface area contributed by atoms with E-state index in [0.29, 0.717) is 32.8 Å². The number of carbonyl (C=O) groups excluding carboxylic acids is 1. The summed E-state index contributed by atoms with van der Waals surface area (Å²) in [4.78, 5) is 11.3. The summed E-state index contributed by atoms with van der Waals surface area (Å²) in [5.74, 6) is -0.151. The lowest BCUT2D eigenvalue weighted by atomic mass is 10.2. The standard InChI is InChI=1S/C9H20N2O3/c1-3-14-7-5-11-9(12)8(10)4-6-13-2/h8H,3-7,10H2,1-2H3,(H,11,12). The molecule has 5 heteroatoms. The van der Waals surface area contributed by atoms with Gasteiger partial charge >= 0.3 is 0 Å². The van der Waals surface area contributed by atoms with Crippen LogP contribution in [0.25, 0.3) is 0 Å². The third kappa shape index (κ3) is 6.82. The molecule has 0 radical (unpaired) electrons. The van der Waals surface area contributed by atoms with Crippen molar-refractivity contribution in [1.82, 2.24) is 5.32 Å². The fraction of sp³-hybridized carbons (Fsp3) is 0.889. The fourth-order valence-electron chi connectivity index (χ4n) is 0.898. The van der Waals surface area contributed by atoms with E-state index in [1.807, 2.05) is 6.92 Å². The highest BCUT2D eigenvalue weighted by atomic mass is 16.5. The molecule has 14 heavy (non-hydrogen) atoms. The maximum Gasteiger partial charge on any atom is 0.237 e. The van der Waals surface area contributed by atoms with Gasteiger partial charge in [-0.25, -0.2) is 0 Å². The van der Waals surface area contributed by atoms with E-state index < -0.39 is 6.04 Å². The molecule has 0 aliphatic carbocycles. The molecule has 0 saturated heterocycles. The number of nitrogens with one attached hydrogen (secondary N) is 1. The third-order valence-electron chi connectivity index (χ3n) is 1.72. The molecule has 3 N–H and O–H groups in total. The van der Waals surface area contributed by atoms with Crippen LogP contribution in [-0.2, 0) is 14.3 Å². The maximum absolute atomic E-state index is 11.3. The molecule has 0 bridgehead atoms. The van der Waals surface area contributed by atoms with Gasteiger partial charge in [-0.2, -0.15) is 0 Å². The van der Waals surface area contributed by atoms with Gasteiger partial charge in [0.2, 0.25) is 5.91 Å². The Labute approximate surface area is 84.9 Å². The number of hydrogen-bond donors (Lipinski definition) is 2. The van der Waals surface area contributed by atoms with Gasteiger partial charge in [-0.15, -0.1) is 0 Å². The molecule has 0 spiro atoms. The number of ether oxygens (including phenoxy) is 2. The average molecular weight is 204 g/mol. The van der Waals surface area contributed by atoms with Gasteiger partial charge < -0.3 is 20.5 Å². The molecule has 5 nitrogen and oxygen atoms in total. The summed E-state index contributed by atoms with van der Waals surface area (Å²) in [6.07, 6.45) is 0.539. The van der Waals surface area contributed by atoms with Gasteiger partial charge in [0.05, 0.1) is 12.6 Å². The van der Waals surface area contributed by atoms with Crippen molar-refractivity contribution in [3.63, 3.8) is 0 Å². The van der Waals surface area contributed by atoms with Crippen molar-refractivity contribution >= 4 is 5.91 Å². The van der Waals surface area contributed by atoms with E-state index in [0.717, 1.165) is 0 Å². The van der Waals surface area contributed by atoms with E-state index in [1.54, 1.807) is 7.11 Å². The van der Waals surface area contributed by atoms with Gasteiger partial charge in [0.15, 0.2) is 0 Å². The summed E-state index contributed by atoms with van der Waals surface area (Å²) in [5, 5.41) is 2.68. The summed E-state index contributed by atoms with van der Waals surface area (Å²) < 4.78 is 9.89. The van der Waals surface area contributed by atoms with Crippen LogP contribution in [0.3, 0.4) is 0 Å². The lowest BCUT2D eigenvalue weighted by Gasteiger charge is -2.11. The average Bonchev–Trinajstić information content (AvgIpc) is 2.20. The Balaban J connectivity index is 3.42. The fourth-order valence-corrected chi connectivity index (χ4v) is 0.898. The van der Waals surface area contributed by atoms with E-state index in [4.69, 9.17) is 15.2 Å². The largest absolute Gasteiger partial charge is 0.385 e. The Hall–Kier alpha value is -0.650. The summed E-state index contributed by atoms with van der Waals surface area (Å²) >= 11 is 0. The minimum atomic E-state index is -0.489. The predicted octanol–water partition coefficient (Wildman–Crippen LogP) is -0.497. The zero-order chi connectivity index (χ0) is 10.8. The van der Waals surface area contributed by atoms with Crippen LogP contribution in [0.1, 0.15) is 13.3 Å². The van der Waals surface area contributed by atoms with Crippen molar-refractivity contribution in [2.45, 2.75) is 19.4 Å². The SMILES string of the molecule is CCOCCNC(=O)C(N)CCOC. The number of amides is 1. The van der Waals surface area contributed by atoms with Crippen LogP contribution < -0.4 is 11.1 Å². The van der Waals surface area contributed by atoms with Gasteiger partial charge in [0, 0.05) is 26.9 Å². The molecular formula is C9H20N2O3. The molecule has 0 aliphatic rings. The van der Waals surface area contributed by atoms with E-state index in [1.165, 1.54) is 0 Å². The highest BCUT2D eigenvalue weighted by Gasteiger charge is 2.11. The number of hydrogen-bond acceptors (Lipinski definition) is 4. The topological polar surface area (TPSA) is 73.6 Å². The molecule has 0 rings (SSSR count). The quantitative estimate of drug-likeness (QED) is 0.523. The molecule has 84 valence electrons. The van der Waals surface area contributed by atoms with Gasteiger partial charge in [-0.1, -0.05) is 0 Å². The van der Waals surface area contributed by atoms with Crippen molar-refractivity contribution in [2.24, 2.45) is 5.73 Å². The van der Waals surface area contributed by atoms with Crippen LogP contribution >= 0.6 is 0 Å². The molecule has 0 fully saturated rings. The molecule has 0 saturated carbocycles. The second-order valence-corrected chi connectivity index (χ2v) is 2.88. The van der Waals surface area contributed by atoms with Gasteiger partial charge in [0.25, 0.3) is 0 Å². The molecule has 0 aromatic heterocycles. The molecule has 1 amide bonds. The lowest BCUT2D eigenvalue weighted by Crippen LogP contribution is -2.42. The minimum Gasteiger partial charge on any atom is -0.385 e. The predicted molar refractivity (Wildman–Crippen MR) is 54.0 cm³/mol. The highest BCUT2D eigenvalue weighted by Crippen LogP contribution is 1.88. The molecule has 0 aromatic rings. The molecular weight excluding hydrogens is 184 g/mol. The summed E-state index contributed by atoms with van der Waals surface area (Å²) in [6, 6.07) is -0.489. The van der Waals surface area contributed by atoms with Crippen LogP contribution in [0.4, 0.5) is 0 Å². The van der Waals surface area contributed by atoms with Crippen molar-refractivity contribution in [3.8, 4) is 0 Å². The first kappa shape index (κ1) is 13.4. The van der Waals surface area contributed by atoms with Crippen LogP contribution in [0.2, 0.25) is 0 Å². The van der Waals surface area contributed by atoms with Gasteiger partial charge in [0.1, 0.15) is 0 Å². The second-order valence-electron chi connectivity index (χ2n) is 2.88. The molecule has 0 aliphatic heterocycles. The number of carbonyl (C=O) groups is 1. The summed E-state index contributed by atoms with van der Waals surface area (Å²) in [7, 11) is 1.58. The zero-order valence-corrected chi connectivity index (χ0v) is 8.91. The lowest BCUT2D eigenvalue weighted by molar-refractivity contribution is -0.122. The van der Waals surface area contributed by atoms with Crippen LogP contribution in [0.5, 0.6) is 0 Å². The Bertz CT molecular complexity index is 153. The highest BCUT2D eigenvalue weighted by molar-refractivity contribution is 5.81. The van der Waals surface area contributed by atoms with Crippen molar-refractivity contribution in [2.75, 3.05) is 33.5 Å². The second kappa shape index (κ2) is 8.93. The van der Waals surface area contributed by atoms with Crippen LogP contribution in [0, 0.1) is 0 Å². The zero-order valence-electron chi connectivity index (χ0n) is 8.91. The normalized spacial score (nSPS) is 12.5. The maximum atomic E-state index is 11.3. The van der Waals surface area contributed by atoms with Crippen molar-refractivity contribution in [3.05, 3.63) is 0 Å². The minimum absolute atomic E-state index is 0.151. The van der Waals surface area contributed by atoms with E-state index in [2.05, 4.69) is 5.32 Å². The third-order valence-corrected chi connectivity index (χ3v) is 1.72. The van der Waals surface area contributed by atoms with Crippen molar-refractivity contribution in [1.29, 1.82) is 0 Å². The first-order chi connectivity index (χ1) is 6.72.